The number of nitrogens with zero attached hydrogens (tertiary/aromatic N) is 2. The standard InChI is InChI=1S/C35H44IN3O5/c1-23-18-28(12-13-32(23)43-2)25-8-6-24(7-9-25)20-39(35(42)27-14-16-36(17-15-27)38-33(41)21-40)30-5-3-4-29(19-30)31-22-44-34(37-31)26-10-11-26/h3-5,12-13,18-19,22,24-27,40H,6-11,14-17,20-21H2,1-2H3,(H,38,41). The average Bonchev–Trinajstić information content (AvgIpc) is 3.79. The third kappa shape index (κ3) is 7.30. The monoisotopic (exact) mass is 713 g/mol. The summed E-state index contributed by atoms with van der Waals surface area (Å²) in [4.78, 5) is 32.8. The molecule has 6 rings (SSSR count). The zero-order valence-corrected chi connectivity index (χ0v) is 27.9. The van der Waals surface area contributed by atoms with Crippen molar-refractivity contribution in [3.63, 3.8) is 0 Å². The third-order valence-electron chi connectivity index (χ3n) is 9.45. The molecule has 1 saturated heterocycles. The Kier molecular flexibility index (Phi) is 9.90. The molecule has 9 heteroatoms. The molecule has 2 amide bonds. The number of aliphatic hydroxyl groups is 1. The fraction of sp³-hybridized carbons (Fsp3) is 0.514. The number of hydrogen-bond acceptors (Lipinski definition) is 6. The van der Waals surface area contributed by atoms with Crippen LogP contribution in [0.4, 0.5) is 5.69 Å². The number of carbonyl (C=O) groups excluding carboxylic acids is 2. The number of carbonyl (C=O) groups is 2. The molecule has 2 N–H and O–H groups in total. The fourth-order valence-electron chi connectivity index (χ4n) is 6.69. The molecule has 3 fully saturated rings. The van der Waals surface area contributed by atoms with E-state index in [1.54, 1.807) is 13.4 Å². The molecular weight excluding hydrogens is 669 g/mol. The van der Waals surface area contributed by atoms with Crippen molar-refractivity contribution in [2.45, 2.75) is 70.1 Å². The Balaban J connectivity index is 1.17. The summed E-state index contributed by atoms with van der Waals surface area (Å²) in [5.41, 5.74) is 5.28. The molecule has 0 unspecified atom stereocenters. The molecule has 0 radical (unpaired) electrons. The normalized spacial score (nSPS) is 21.6. The SMILES string of the molecule is COc1ccc(C2CCC(CN(C(=O)C3CCI(NC(=O)CO)CC3)c3cccc(-c4coc(C5CC5)n4)c3)CC2)cc1C. The number of amides is 2. The van der Waals surface area contributed by atoms with Gasteiger partial charge in [-0.15, -0.1) is 0 Å². The summed E-state index contributed by atoms with van der Waals surface area (Å²) in [5.74, 6) is 3.02. The van der Waals surface area contributed by atoms with Gasteiger partial charge in [0, 0.05) is 0 Å². The number of ether oxygens (including phenoxy) is 1. The van der Waals surface area contributed by atoms with Gasteiger partial charge in [-0.05, 0) is 31.4 Å². The van der Waals surface area contributed by atoms with Gasteiger partial charge in [0.05, 0.1) is 7.11 Å². The van der Waals surface area contributed by atoms with Crippen LogP contribution in [0.15, 0.2) is 53.1 Å². The van der Waals surface area contributed by atoms with Gasteiger partial charge in [-0.2, -0.15) is 0 Å². The van der Waals surface area contributed by atoms with Gasteiger partial charge < -0.3 is 4.74 Å². The molecular formula is C35H44IN3O5. The van der Waals surface area contributed by atoms with Gasteiger partial charge >= 0.3 is 220 Å². The van der Waals surface area contributed by atoms with E-state index < -0.39 is 26.7 Å². The molecule has 2 heterocycles. The Bertz CT molecular complexity index is 1450. The van der Waals surface area contributed by atoms with Crippen LogP contribution in [0.5, 0.6) is 5.75 Å². The molecule has 44 heavy (non-hydrogen) atoms. The Morgan fingerprint density at radius 1 is 1.02 bits per heavy atom. The van der Waals surface area contributed by atoms with E-state index in [4.69, 9.17) is 19.2 Å². The van der Waals surface area contributed by atoms with Crippen LogP contribution in [0.3, 0.4) is 0 Å². The maximum atomic E-state index is 14.3. The summed E-state index contributed by atoms with van der Waals surface area (Å²) in [6.07, 6.45) is 10.0. The molecule has 1 aliphatic heterocycles. The molecule has 0 spiro atoms. The number of oxazole rings is 1. The second kappa shape index (κ2) is 14.0. The molecule has 2 aromatic carbocycles. The first kappa shape index (κ1) is 31.1. The zero-order valence-electron chi connectivity index (χ0n) is 25.8. The topological polar surface area (TPSA) is 105 Å². The van der Waals surface area contributed by atoms with E-state index in [-0.39, 0.29) is 17.7 Å². The molecule has 3 aliphatic rings. The first-order valence-corrected chi connectivity index (χ1v) is 20.1. The summed E-state index contributed by atoms with van der Waals surface area (Å²) >= 11 is -1.67. The Labute approximate surface area is 267 Å². The number of aryl methyl sites for hydroxylation is 1. The van der Waals surface area contributed by atoms with Gasteiger partial charge in [0.2, 0.25) is 0 Å². The van der Waals surface area contributed by atoms with Crippen molar-refractivity contribution in [2.75, 3.05) is 34.0 Å². The summed E-state index contributed by atoms with van der Waals surface area (Å²) in [6.45, 7) is 2.35. The summed E-state index contributed by atoms with van der Waals surface area (Å²) in [7, 11) is 1.72. The minimum atomic E-state index is -1.67. The van der Waals surface area contributed by atoms with Crippen LogP contribution in [-0.4, -0.2) is 51.0 Å². The number of aromatic nitrogens is 1. The summed E-state index contributed by atoms with van der Waals surface area (Å²) < 4.78 is 16.1. The van der Waals surface area contributed by atoms with Crippen molar-refractivity contribution >= 4 is 37.6 Å². The third-order valence-corrected chi connectivity index (χ3v) is 14.7. The number of anilines is 1. The van der Waals surface area contributed by atoms with Gasteiger partial charge in [-0.3, -0.25) is 0 Å². The number of benzene rings is 2. The predicted octanol–water partition coefficient (Wildman–Crippen LogP) is 6.78. The molecule has 0 bridgehead atoms. The van der Waals surface area contributed by atoms with Crippen LogP contribution in [0.25, 0.3) is 11.3 Å². The van der Waals surface area contributed by atoms with E-state index >= 15 is 0 Å². The minimum absolute atomic E-state index is 0.0506. The zero-order chi connectivity index (χ0) is 30.6. The van der Waals surface area contributed by atoms with Crippen LogP contribution in [0.2, 0.25) is 0 Å². The Morgan fingerprint density at radius 3 is 2.45 bits per heavy atom. The average molecular weight is 714 g/mol. The molecule has 2 saturated carbocycles. The van der Waals surface area contributed by atoms with Crippen LogP contribution in [0.1, 0.15) is 80.2 Å². The van der Waals surface area contributed by atoms with Gasteiger partial charge in [0.1, 0.15) is 5.75 Å². The first-order chi connectivity index (χ1) is 21.4. The second-order valence-corrected chi connectivity index (χ2v) is 17.9. The van der Waals surface area contributed by atoms with E-state index in [0.717, 1.165) is 88.8 Å². The van der Waals surface area contributed by atoms with Crippen molar-refractivity contribution in [1.29, 1.82) is 0 Å². The van der Waals surface area contributed by atoms with Crippen LogP contribution >= 0.6 is 20.1 Å². The van der Waals surface area contributed by atoms with Crippen molar-refractivity contribution < 1.29 is 23.8 Å². The number of nitrogens with one attached hydrogen (secondary N) is 1. The number of halogens is 1. The van der Waals surface area contributed by atoms with E-state index in [2.05, 4.69) is 45.7 Å². The van der Waals surface area contributed by atoms with E-state index in [1.807, 2.05) is 12.1 Å². The number of methoxy groups -OCH3 is 1. The van der Waals surface area contributed by atoms with Crippen molar-refractivity contribution in [3.8, 4) is 17.0 Å². The Morgan fingerprint density at radius 2 is 1.77 bits per heavy atom. The minimum Gasteiger partial charge on any atom is -0.0361 e. The van der Waals surface area contributed by atoms with Crippen LogP contribution in [0, 0.1) is 18.8 Å². The predicted molar refractivity (Wildman–Crippen MR) is 180 cm³/mol. The molecule has 8 nitrogen and oxygen atoms in total. The number of rotatable bonds is 10. The Hall–Kier alpha value is -2.92. The number of alkyl halides is 2. The van der Waals surface area contributed by atoms with Gasteiger partial charge in [0.15, 0.2) is 0 Å². The van der Waals surface area contributed by atoms with Gasteiger partial charge in [0.25, 0.3) is 0 Å². The van der Waals surface area contributed by atoms with Crippen molar-refractivity contribution in [3.05, 3.63) is 65.7 Å². The smallest absolute Gasteiger partial charge is 0.0361 e. The molecule has 3 aromatic rings. The number of hydrogen-bond donors (Lipinski definition) is 2. The summed E-state index contributed by atoms with van der Waals surface area (Å²) in [5, 5.41) is 9.15. The fourth-order valence-corrected chi connectivity index (χ4v) is 11.8. The van der Waals surface area contributed by atoms with Crippen LogP contribution in [-0.2, 0) is 9.59 Å². The van der Waals surface area contributed by atoms with Crippen LogP contribution < -0.4 is 13.2 Å². The molecule has 1 aromatic heterocycles. The van der Waals surface area contributed by atoms with Gasteiger partial charge in [-0.1, -0.05) is 0 Å². The van der Waals surface area contributed by atoms with Crippen molar-refractivity contribution in [1.82, 2.24) is 8.51 Å². The number of aliphatic hydroxyl groups excluding tert-OH is 1. The first-order valence-electron chi connectivity index (χ1n) is 16.0. The molecule has 236 valence electrons. The summed E-state index contributed by atoms with van der Waals surface area (Å²) in [6, 6.07) is 14.8. The van der Waals surface area contributed by atoms with Crippen molar-refractivity contribution in [2.24, 2.45) is 11.8 Å². The van der Waals surface area contributed by atoms with E-state index in [0.29, 0.717) is 24.3 Å². The van der Waals surface area contributed by atoms with Gasteiger partial charge in [-0.25, -0.2) is 0 Å². The quantitative estimate of drug-likeness (QED) is 0.136. The maximum absolute atomic E-state index is 14.3. The van der Waals surface area contributed by atoms with E-state index in [1.165, 1.54) is 11.1 Å². The molecule has 0 atom stereocenters. The van der Waals surface area contributed by atoms with E-state index in [9.17, 15) is 9.59 Å². The molecule has 2 aliphatic carbocycles. The second-order valence-electron chi connectivity index (χ2n) is 12.6.